The van der Waals surface area contributed by atoms with Gasteiger partial charge in [0, 0.05) is 25.6 Å². The van der Waals surface area contributed by atoms with E-state index in [-0.39, 0.29) is 24.3 Å². The molecule has 0 bridgehead atoms. The highest BCUT2D eigenvalue weighted by Gasteiger charge is 2.42. The molecule has 3 aliphatic carbocycles. The lowest BCUT2D eigenvalue weighted by Crippen LogP contribution is -2.51. The molecule has 3 aliphatic rings. The van der Waals surface area contributed by atoms with E-state index in [2.05, 4.69) is 4.90 Å². The molecule has 0 radical (unpaired) electrons. The molecule has 3 fully saturated rings. The molecule has 0 spiro atoms. The van der Waals surface area contributed by atoms with Gasteiger partial charge in [-0.05, 0) is 80.4 Å². The largest absolute Gasteiger partial charge is 0.481 e. The van der Waals surface area contributed by atoms with Crippen LogP contribution < -0.4 is 0 Å². The maximum Gasteiger partial charge on any atom is 0.416 e. The summed E-state index contributed by atoms with van der Waals surface area (Å²) in [6.07, 6.45) is 6.53. The van der Waals surface area contributed by atoms with Gasteiger partial charge in [0.2, 0.25) is 0 Å². The summed E-state index contributed by atoms with van der Waals surface area (Å²) < 4.78 is 55.5. The molecule has 4 rings (SSSR count). The summed E-state index contributed by atoms with van der Waals surface area (Å²) in [5.41, 5.74) is -1.08. The fraction of sp³-hybridized carbons (Fsp3) is 0.750. The Labute approximate surface area is 206 Å². The fourth-order valence-electron chi connectivity index (χ4n) is 6.94. The number of alkyl halides is 4. The number of hydrogen-bond donors (Lipinski definition) is 1. The standard InChI is InChI=1S/C28H39F4NO2/c29-27(14-4-1-5-15-27)19-33(18-20-6-2-3-7-20)25-13-8-21(17-26(34)35)16-24(25)22-9-11-23(12-10-22)28(30,31)32/h9-12,20-21,24-25H,1-8,13-19H2,(H,34,35)/t21-,24+,25-/m1/s1. The van der Waals surface area contributed by atoms with Crippen molar-refractivity contribution in [1.29, 1.82) is 0 Å². The first kappa shape index (κ1) is 26.4. The van der Waals surface area contributed by atoms with Gasteiger partial charge in [0.15, 0.2) is 0 Å². The zero-order chi connectivity index (χ0) is 25.1. The third-order valence-electron chi connectivity index (χ3n) is 8.72. The summed E-state index contributed by atoms with van der Waals surface area (Å²) in [5.74, 6) is -0.415. The van der Waals surface area contributed by atoms with Gasteiger partial charge in [0.25, 0.3) is 0 Å². The van der Waals surface area contributed by atoms with Crippen LogP contribution in [0.3, 0.4) is 0 Å². The second kappa shape index (κ2) is 11.2. The van der Waals surface area contributed by atoms with Crippen LogP contribution in [0.4, 0.5) is 17.6 Å². The van der Waals surface area contributed by atoms with Crippen molar-refractivity contribution in [2.24, 2.45) is 11.8 Å². The van der Waals surface area contributed by atoms with Crippen LogP contribution in [-0.4, -0.2) is 40.8 Å². The van der Waals surface area contributed by atoms with E-state index in [1.54, 1.807) is 12.1 Å². The van der Waals surface area contributed by atoms with Crippen molar-refractivity contribution in [2.45, 2.75) is 107 Å². The third-order valence-corrected chi connectivity index (χ3v) is 8.72. The lowest BCUT2D eigenvalue weighted by molar-refractivity contribution is -0.139. The Hall–Kier alpha value is -1.63. The van der Waals surface area contributed by atoms with Crippen LogP contribution >= 0.6 is 0 Å². The highest BCUT2D eigenvalue weighted by atomic mass is 19.4. The minimum Gasteiger partial charge on any atom is -0.481 e. The van der Waals surface area contributed by atoms with Crippen molar-refractivity contribution in [2.75, 3.05) is 13.1 Å². The molecular weight excluding hydrogens is 458 g/mol. The predicted molar refractivity (Wildman–Crippen MR) is 128 cm³/mol. The van der Waals surface area contributed by atoms with Gasteiger partial charge in [-0.15, -0.1) is 0 Å². The van der Waals surface area contributed by atoms with Gasteiger partial charge in [-0.3, -0.25) is 9.69 Å². The summed E-state index contributed by atoms with van der Waals surface area (Å²) in [7, 11) is 0. The third kappa shape index (κ3) is 6.99. The van der Waals surface area contributed by atoms with E-state index in [0.717, 1.165) is 69.2 Å². The molecule has 0 saturated heterocycles. The average molecular weight is 498 g/mol. The molecule has 35 heavy (non-hydrogen) atoms. The maximum absolute atomic E-state index is 16.0. The molecule has 0 aromatic heterocycles. The van der Waals surface area contributed by atoms with Crippen molar-refractivity contribution in [3.05, 3.63) is 35.4 Å². The molecule has 7 heteroatoms. The molecule has 1 aromatic carbocycles. The summed E-state index contributed by atoms with van der Waals surface area (Å²) in [5, 5.41) is 9.38. The lowest BCUT2D eigenvalue weighted by atomic mass is 9.72. The van der Waals surface area contributed by atoms with Gasteiger partial charge in [0.1, 0.15) is 5.67 Å². The number of halogens is 4. The molecule has 3 atom stereocenters. The Morgan fingerprint density at radius 1 is 0.943 bits per heavy atom. The first-order valence-electron chi connectivity index (χ1n) is 13.4. The number of hydrogen-bond acceptors (Lipinski definition) is 2. The number of carboxylic acid groups (broad SMARTS) is 1. The molecule has 3 saturated carbocycles. The molecule has 0 amide bonds. The summed E-state index contributed by atoms with van der Waals surface area (Å²) in [6, 6.07) is 5.40. The van der Waals surface area contributed by atoms with Gasteiger partial charge < -0.3 is 5.11 Å². The highest BCUT2D eigenvalue weighted by Crippen LogP contribution is 2.44. The molecule has 196 valence electrons. The normalized spacial score (nSPS) is 27.9. The monoisotopic (exact) mass is 497 g/mol. The number of carbonyl (C=O) groups is 1. The highest BCUT2D eigenvalue weighted by molar-refractivity contribution is 5.67. The minimum atomic E-state index is -4.40. The number of rotatable bonds is 8. The number of nitrogens with zero attached hydrogens (tertiary/aromatic N) is 1. The van der Waals surface area contributed by atoms with Crippen molar-refractivity contribution in [1.82, 2.24) is 4.90 Å². The van der Waals surface area contributed by atoms with Crippen molar-refractivity contribution < 1.29 is 27.5 Å². The Balaban J connectivity index is 1.61. The van der Waals surface area contributed by atoms with E-state index in [9.17, 15) is 23.1 Å². The van der Waals surface area contributed by atoms with E-state index in [0.29, 0.717) is 31.7 Å². The van der Waals surface area contributed by atoms with Crippen LogP contribution in [0.25, 0.3) is 0 Å². The fourth-order valence-corrected chi connectivity index (χ4v) is 6.94. The quantitative estimate of drug-likeness (QED) is 0.376. The molecule has 1 aromatic rings. The molecule has 1 N–H and O–H groups in total. The maximum atomic E-state index is 16.0. The summed E-state index contributed by atoms with van der Waals surface area (Å²) >= 11 is 0. The SMILES string of the molecule is O=C(O)C[C@@H]1CC[C@@H](N(CC2CCCC2)CC2(F)CCCCC2)[C@H](c2ccc(C(F)(F)F)cc2)C1. The van der Waals surface area contributed by atoms with E-state index in [1.165, 1.54) is 12.8 Å². The van der Waals surface area contributed by atoms with Crippen LogP contribution in [0.15, 0.2) is 24.3 Å². The summed E-state index contributed by atoms with van der Waals surface area (Å²) in [4.78, 5) is 13.8. The number of carboxylic acids is 1. The topological polar surface area (TPSA) is 40.5 Å². The Morgan fingerprint density at radius 3 is 2.20 bits per heavy atom. The molecule has 0 unspecified atom stereocenters. The van der Waals surface area contributed by atoms with Gasteiger partial charge in [-0.1, -0.05) is 44.2 Å². The number of benzene rings is 1. The smallest absolute Gasteiger partial charge is 0.416 e. The van der Waals surface area contributed by atoms with Gasteiger partial charge >= 0.3 is 12.1 Å². The lowest BCUT2D eigenvalue weighted by Gasteiger charge is -2.46. The van der Waals surface area contributed by atoms with Crippen molar-refractivity contribution in [3.63, 3.8) is 0 Å². The minimum absolute atomic E-state index is 0.0154. The van der Waals surface area contributed by atoms with Gasteiger partial charge in [-0.25, -0.2) is 4.39 Å². The van der Waals surface area contributed by atoms with E-state index < -0.39 is 23.4 Å². The van der Waals surface area contributed by atoms with Crippen molar-refractivity contribution >= 4 is 5.97 Å². The van der Waals surface area contributed by atoms with Crippen LogP contribution in [0.2, 0.25) is 0 Å². The Bertz CT molecular complexity index is 828. The zero-order valence-corrected chi connectivity index (χ0v) is 20.5. The second-order valence-electron chi connectivity index (χ2n) is 11.4. The molecule has 0 heterocycles. The average Bonchev–Trinajstić information content (AvgIpc) is 3.31. The van der Waals surface area contributed by atoms with Crippen molar-refractivity contribution in [3.8, 4) is 0 Å². The Morgan fingerprint density at radius 2 is 1.60 bits per heavy atom. The number of aliphatic carboxylic acids is 1. The molecular formula is C28H39F4NO2. The van der Waals surface area contributed by atoms with Crippen LogP contribution in [0.1, 0.15) is 101 Å². The van der Waals surface area contributed by atoms with E-state index in [1.807, 2.05) is 0 Å². The molecule has 3 nitrogen and oxygen atoms in total. The van der Waals surface area contributed by atoms with Gasteiger partial charge in [-0.2, -0.15) is 13.2 Å². The summed E-state index contributed by atoms with van der Waals surface area (Å²) in [6.45, 7) is 1.21. The molecule has 0 aliphatic heterocycles. The first-order chi connectivity index (χ1) is 16.6. The van der Waals surface area contributed by atoms with Crippen LogP contribution in [0.5, 0.6) is 0 Å². The van der Waals surface area contributed by atoms with Gasteiger partial charge in [0.05, 0.1) is 5.56 Å². The van der Waals surface area contributed by atoms with E-state index in [4.69, 9.17) is 0 Å². The Kier molecular flexibility index (Phi) is 8.45. The predicted octanol–water partition coefficient (Wildman–Crippen LogP) is 7.60. The zero-order valence-electron chi connectivity index (χ0n) is 20.5. The first-order valence-corrected chi connectivity index (χ1v) is 13.4. The van der Waals surface area contributed by atoms with E-state index >= 15 is 4.39 Å². The van der Waals surface area contributed by atoms with Crippen LogP contribution in [0, 0.1) is 11.8 Å². The van der Waals surface area contributed by atoms with Crippen LogP contribution in [-0.2, 0) is 11.0 Å². The second-order valence-corrected chi connectivity index (χ2v) is 11.4.